The van der Waals surface area contributed by atoms with E-state index in [1.807, 2.05) is 0 Å². The van der Waals surface area contributed by atoms with Crippen molar-refractivity contribution < 1.29 is 37.0 Å². The predicted octanol–water partition coefficient (Wildman–Crippen LogP) is 1.68. The third-order valence-corrected chi connectivity index (χ3v) is 2.31. The van der Waals surface area contributed by atoms with Crippen LogP contribution in [-0.4, -0.2) is 36.7 Å². The summed E-state index contributed by atoms with van der Waals surface area (Å²) in [7, 11) is 0. The smallest absolute Gasteiger partial charge is 0.419 e. The highest BCUT2D eigenvalue weighted by molar-refractivity contribution is 5.94. The molecule has 2 N–H and O–H groups in total. The number of aliphatic carboxylic acids is 1. The third-order valence-electron chi connectivity index (χ3n) is 2.31. The molecule has 1 aromatic carbocycles. The minimum absolute atomic E-state index is 0.165. The van der Waals surface area contributed by atoms with Gasteiger partial charge in [-0.05, 0) is 12.1 Å². The molecule has 1 rings (SSSR count). The zero-order chi connectivity index (χ0) is 16.0. The summed E-state index contributed by atoms with van der Waals surface area (Å²) in [6.45, 7) is -0.909. The summed E-state index contributed by atoms with van der Waals surface area (Å²) in [6, 6.07) is 2.36. The van der Waals surface area contributed by atoms with Crippen molar-refractivity contribution in [2.24, 2.45) is 0 Å². The molecule has 1 amide bonds. The summed E-state index contributed by atoms with van der Waals surface area (Å²) < 4.78 is 55.6. The van der Waals surface area contributed by atoms with Crippen LogP contribution in [0.3, 0.4) is 0 Å². The van der Waals surface area contributed by atoms with Gasteiger partial charge < -0.3 is 15.2 Å². The lowest BCUT2D eigenvalue weighted by atomic mass is 10.1. The van der Waals surface area contributed by atoms with E-state index in [0.29, 0.717) is 6.07 Å². The van der Waals surface area contributed by atoms with E-state index in [2.05, 4.69) is 10.1 Å². The van der Waals surface area contributed by atoms with Crippen LogP contribution < -0.4 is 5.32 Å². The maximum absolute atomic E-state index is 13.6. The van der Waals surface area contributed by atoms with E-state index in [4.69, 9.17) is 5.11 Å². The molecule has 0 spiro atoms. The fourth-order valence-electron chi connectivity index (χ4n) is 1.42. The Morgan fingerprint density at radius 2 is 1.95 bits per heavy atom. The van der Waals surface area contributed by atoms with Crippen molar-refractivity contribution in [3.63, 3.8) is 0 Å². The van der Waals surface area contributed by atoms with Crippen LogP contribution in [0.5, 0.6) is 0 Å². The number of nitrogens with one attached hydrogen (secondary N) is 1. The van der Waals surface area contributed by atoms with Gasteiger partial charge in [0.2, 0.25) is 0 Å². The zero-order valence-electron chi connectivity index (χ0n) is 10.5. The topological polar surface area (TPSA) is 75.6 Å². The molecule has 0 radical (unpaired) electrons. The number of carbonyl (C=O) groups excluding carboxylic acids is 1. The second-order valence-corrected chi connectivity index (χ2v) is 3.87. The molecule has 0 fully saturated rings. The predicted molar refractivity (Wildman–Crippen MR) is 62.2 cm³/mol. The number of carbonyl (C=O) groups is 2. The molecule has 116 valence electrons. The van der Waals surface area contributed by atoms with Gasteiger partial charge in [-0.1, -0.05) is 6.07 Å². The number of halogens is 4. The van der Waals surface area contributed by atoms with Crippen molar-refractivity contribution in [2.75, 3.05) is 19.8 Å². The van der Waals surface area contributed by atoms with Crippen molar-refractivity contribution >= 4 is 11.9 Å². The largest absolute Gasteiger partial charge is 0.480 e. The summed E-state index contributed by atoms with van der Waals surface area (Å²) in [5.74, 6) is -3.91. The molecule has 0 aliphatic heterocycles. The molecule has 0 bridgehead atoms. The van der Waals surface area contributed by atoms with Crippen molar-refractivity contribution in [1.29, 1.82) is 0 Å². The SMILES string of the molecule is O=C(O)COCCNC(=O)c1cccc(C(F)(F)F)c1F. The standard InChI is InChI=1S/C12H11F4NO4/c13-10-7(2-1-3-8(10)12(14,15)16)11(20)17-4-5-21-6-9(18)19/h1-3H,4-6H2,(H,17,20)(H,18,19). The molecule has 0 saturated heterocycles. The van der Waals surface area contributed by atoms with Crippen molar-refractivity contribution in [3.05, 3.63) is 35.1 Å². The van der Waals surface area contributed by atoms with Crippen molar-refractivity contribution in [3.8, 4) is 0 Å². The Morgan fingerprint density at radius 1 is 1.29 bits per heavy atom. The lowest BCUT2D eigenvalue weighted by molar-refractivity contribution is -0.142. The molecule has 1 aromatic rings. The molecule has 0 unspecified atom stereocenters. The number of amides is 1. The van der Waals surface area contributed by atoms with E-state index in [0.717, 1.165) is 12.1 Å². The average Bonchev–Trinajstić information content (AvgIpc) is 2.36. The molecular weight excluding hydrogens is 298 g/mol. The number of hydrogen-bond acceptors (Lipinski definition) is 3. The first-order valence-corrected chi connectivity index (χ1v) is 5.67. The lowest BCUT2D eigenvalue weighted by Gasteiger charge is -2.11. The molecule has 0 aliphatic carbocycles. The van der Waals surface area contributed by atoms with Crippen LogP contribution in [0, 0.1) is 5.82 Å². The van der Waals surface area contributed by atoms with Crippen LogP contribution >= 0.6 is 0 Å². The van der Waals surface area contributed by atoms with Gasteiger partial charge in [-0.2, -0.15) is 13.2 Å². The quantitative estimate of drug-likeness (QED) is 0.619. The molecule has 0 saturated carbocycles. The molecule has 21 heavy (non-hydrogen) atoms. The Kier molecular flexibility index (Phi) is 5.65. The maximum Gasteiger partial charge on any atom is 0.419 e. The summed E-state index contributed by atoms with van der Waals surface area (Å²) in [4.78, 5) is 21.7. The van der Waals surface area contributed by atoms with Gasteiger partial charge in [-0.3, -0.25) is 4.79 Å². The monoisotopic (exact) mass is 309 g/mol. The molecule has 0 heterocycles. The number of alkyl halides is 3. The van der Waals surface area contributed by atoms with Gasteiger partial charge in [-0.15, -0.1) is 0 Å². The maximum atomic E-state index is 13.6. The average molecular weight is 309 g/mol. The number of hydrogen-bond donors (Lipinski definition) is 2. The highest BCUT2D eigenvalue weighted by atomic mass is 19.4. The Balaban J connectivity index is 2.65. The fourth-order valence-corrected chi connectivity index (χ4v) is 1.42. The Bertz CT molecular complexity index is 530. The van der Waals surface area contributed by atoms with Gasteiger partial charge in [0.25, 0.3) is 5.91 Å². The van der Waals surface area contributed by atoms with Crippen molar-refractivity contribution in [2.45, 2.75) is 6.18 Å². The van der Waals surface area contributed by atoms with E-state index in [1.54, 1.807) is 0 Å². The summed E-state index contributed by atoms with van der Waals surface area (Å²) >= 11 is 0. The van der Waals surface area contributed by atoms with E-state index in [-0.39, 0.29) is 13.2 Å². The van der Waals surface area contributed by atoms with E-state index in [1.165, 1.54) is 0 Å². The van der Waals surface area contributed by atoms with Crippen LogP contribution in [0.1, 0.15) is 15.9 Å². The first kappa shape index (κ1) is 16.9. The van der Waals surface area contributed by atoms with Gasteiger partial charge in [0.1, 0.15) is 12.4 Å². The highest BCUT2D eigenvalue weighted by Gasteiger charge is 2.35. The highest BCUT2D eigenvalue weighted by Crippen LogP contribution is 2.32. The van der Waals surface area contributed by atoms with Gasteiger partial charge in [0, 0.05) is 6.54 Å². The Morgan fingerprint density at radius 3 is 2.52 bits per heavy atom. The summed E-state index contributed by atoms with van der Waals surface area (Å²) in [6.07, 6.45) is -4.90. The first-order chi connectivity index (χ1) is 9.73. The molecule has 0 aliphatic rings. The van der Waals surface area contributed by atoms with Crippen LogP contribution in [0.15, 0.2) is 18.2 Å². The molecule has 9 heteroatoms. The number of carboxylic acid groups (broad SMARTS) is 1. The van der Waals surface area contributed by atoms with Crippen LogP contribution in [-0.2, 0) is 15.7 Å². The number of rotatable bonds is 6. The summed E-state index contributed by atoms with van der Waals surface area (Å²) in [5.41, 5.74) is -2.28. The molecular formula is C12H11F4NO4. The minimum Gasteiger partial charge on any atom is -0.480 e. The normalized spacial score (nSPS) is 11.2. The number of ether oxygens (including phenoxy) is 1. The number of carboxylic acids is 1. The molecule has 0 aromatic heterocycles. The second-order valence-electron chi connectivity index (χ2n) is 3.87. The fraction of sp³-hybridized carbons (Fsp3) is 0.333. The third kappa shape index (κ3) is 5.03. The van der Waals surface area contributed by atoms with E-state index >= 15 is 0 Å². The van der Waals surface area contributed by atoms with Gasteiger partial charge in [0.15, 0.2) is 0 Å². The Labute approximate surface area is 116 Å². The van der Waals surface area contributed by atoms with Gasteiger partial charge >= 0.3 is 12.1 Å². The van der Waals surface area contributed by atoms with Crippen LogP contribution in [0.4, 0.5) is 17.6 Å². The molecule has 5 nitrogen and oxygen atoms in total. The van der Waals surface area contributed by atoms with Gasteiger partial charge in [-0.25, -0.2) is 9.18 Å². The summed E-state index contributed by atoms with van der Waals surface area (Å²) in [5, 5.41) is 10.4. The van der Waals surface area contributed by atoms with Crippen LogP contribution in [0.2, 0.25) is 0 Å². The van der Waals surface area contributed by atoms with Gasteiger partial charge in [0.05, 0.1) is 17.7 Å². The van der Waals surface area contributed by atoms with Crippen molar-refractivity contribution in [1.82, 2.24) is 5.32 Å². The minimum atomic E-state index is -4.90. The molecule has 0 atom stereocenters. The Hall–Kier alpha value is -2.16. The van der Waals surface area contributed by atoms with E-state index in [9.17, 15) is 27.2 Å². The zero-order valence-corrected chi connectivity index (χ0v) is 10.5. The number of benzene rings is 1. The van der Waals surface area contributed by atoms with E-state index < -0.39 is 41.6 Å². The lowest BCUT2D eigenvalue weighted by Crippen LogP contribution is -2.29. The second kappa shape index (κ2) is 7.02. The van der Waals surface area contributed by atoms with Crippen LogP contribution in [0.25, 0.3) is 0 Å². The first-order valence-electron chi connectivity index (χ1n) is 5.67.